The highest BCUT2D eigenvalue weighted by molar-refractivity contribution is 6.32. The van der Waals surface area contributed by atoms with Crippen LogP contribution in [-0.2, 0) is 6.42 Å². The quantitative estimate of drug-likeness (QED) is 0.842. The van der Waals surface area contributed by atoms with Gasteiger partial charge in [0.25, 0.3) is 0 Å². The van der Waals surface area contributed by atoms with Crippen LogP contribution in [0.15, 0.2) is 48.5 Å². The zero-order chi connectivity index (χ0) is 12.3. The molecule has 1 N–H and O–H groups in total. The Balaban J connectivity index is 2.22. The number of aromatic hydroxyl groups is 1. The molecule has 2 aromatic carbocycles. The molecule has 0 aliphatic heterocycles. The Morgan fingerprint density at radius 3 is 2.47 bits per heavy atom. The van der Waals surface area contributed by atoms with Gasteiger partial charge < -0.3 is 5.11 Å². The predicted octanol–water partition coefficient (Wildman–Crippen LogP) is 3.47. The molecule has 0 unspecified atom stereocenters. The standard InChI is InChI=1S/C14H11ClO2/c15-12-8-4-7-11(14(12)17)9-13(16)10-5-2-1-3-6-10/h1-8,17H,9H2. The van der Waals surface area contributed by atoms with Gasteiger partial charge in [-0.05, 0) is 6.07 Å². The summed E-state index contributed by atoms with van der Waals surface area (Å²) >= 11 is 5.78. The SMILES string of the molecule is O=C(Cc1cccc(Cl)c1O)c1ccccc1. The molecule has 0 amide bonds. The normalized spacial score (nSPS) is 10.2. The van der Waals surface area contributed by atoms with Gasteiger partial charge in [-0.3, -0.25) is 4.79 Å². The molecule has 0 atom stereocenters. The van der Waals surface area contributed by atoms with Crippen LogP contribution in [-0.4, -0.2) is 10.9 Å². The summed E-state index contributed by atoms with van der Waals surface area (Å²) in [5.74, 6) is -0.0541. The third-order valence-corrected chi connectivity index (χ3v) is 2.82. The average Bonchev–Trinajstić information content (AvgIpc) is 2.36. The van der Waals surface area contributed by atoms with Crippen LogP contribution in [0, 0.1) is 0 Å². The topological polar surface area (TPSA) is 37.3 Å². The first kappa shape index (κ1) is 11.7. The van der Waals surface area contributed by atoms with Gasteiger partial charge in [0.2, 0.25) is 0 Å². The number of carbonyl (C=O) groups excluding carboxylic acids is 1. The largest absolute Gasteiger partial charge is 0.506 e. The van der Waals surface area contributed by atoms with Crippen molar-refractivity contribution in [2.45, 2.75) is 6.42 Å². The number of rotatable bonds is 3. The molecule has 2 rings (SSSR count). The number of carbonyl (C=O) groups is 1. The predicted molar refractivity (Wildman–Crippen MR) is 67.6 cm³/mol. The van der Waals surface area contributed by atoms with Crippen LogP contribution in [0.2, 0.25) is 5.02 Å². The molecular weight excluding hydrogens is 236 g/mol. The van der Waals surface area contributed by atoms with E-state index in [0.717, 1.165) is 0 Å². The number of hydrogen-bond acceptors (Lipinski definition) is 2. The summed E-state index contributed by atoms with van der Waals surface area (Å²) in [5, 5.41) is 9.98. The molecule has 0 saturated heterocycles. The second kappa shape index (κ2) is 5.02. The smallest absolute Gasteiger partial charge is 0.167 e. The first-order valence-electron chi connectivity index (χ1n) is 5.23. The van der Waals surface area contributed by atoms with Crippen LogP contribution < -0.4 is 0 Å². The van der Waals surface area contributed by atoms with Crippen molar-refractivity contribution in [3.63, 3.8) is 0 Å². The molecule has 2 aromatic rings. The molecule has 0 radical (unpaired) electrons. The van der Waals surface area contributed by atoms with Gasteiger partial charge in [-0.2, -0.15) is 0 Å². The number of hydrogen-bond donors (Lipinski definition) is 1. The third-order valence-electron chi connectivity index (χ3n) is 2.52. The van der Waals surface area contributed by atoms with Gasteiger partial charge in [0.05, 0.1) is 5.02 Å². The van der Waals surface area contributed by atoms with Crippen LogP contribution in [0.1, 0.15) is 15.9 Å². The highest BCUT2D eigenvalue weighted by Crippen LogP contribution is 2.27. The van der Waals surface area contributed by atoms with Crippen LogP contribution in [0.3, 0.4) is 0 Å². The van der Waals surface area contributed by atoms with Crippen molar-refractivity contribution in [3.05, 3.63) is 64.7 Å². The van der Waals surface area contributed by atoms with E-state index in [2.05, 4.69) is 0 Å². The highest BCUT2D eigenvalue weighted by atomic mass is 35.5. The Labute approximate surface area is 104 Å². The third kappa shape index (κ3) is 2.66. The van der Waals surface area contributed by atoms with Crippen LogP contribution in [0.4, 0.5) is 0 Å². The Hall–Kier alpha value is -1.80. The second-order valence-corrected chi connectivity index (χ2v) is 4.12. The van der Waals surface area contributed by atoms with E-state index in [0.29, 0.717) is 11.1 Å². The monoisotopic (exact) mass is 246 g/mol. The molecule has 0 fully saturated rings. The van der Waals surface area contributed by atoms with E-state index in [1.165, 1.54) is 0 Å². The van der Waals surface area contributed by atoms with Crippen LogP contribution in [0.25, 0.3) is 0 Å². The van der Waals surface area contributed by atoms with Crippen molar-refractivity contribution in [1.82, 2.24) is 0 Å². The maximum Gasteiger partial charge on any atom is 0.167 e. The minimum absolute atomic E-state index is 0.0153. The molecule has 0 aliphatic carbocycles. The summed E-state index contributed by atoms with van der Waals surface area (Å²) < 4.78 is 0. The Kier molecular flexibility index (Phi) is 3.45. The number of ketones is 1. The van der Waals surface area contributed by atoms with E-state index in [9.17, 15) is 9.90 Å². The first-order chi connectivity index (χ1) is 8.18. The fraction of sp³-hybridized carbons (Fsp3) is 0.0714. The number of Topliss-reactive ketones (excluding diaryl/α,β-unsaturated/α-hetero) is 1. The molecule has 2 nitrogen and oxygen atoms in total. The van der Waals surface area contributed by atoms with Crippen molar-refractivity contribution in [2.24, 2.45) is 0 Å². The van der Waals surface area contributed by atoms with E-state index in [1.54, 1.807) is 30.3 Å². The van der Waals surface area contributed by atoms with Gasteiger partial charge in [-0.15, -0.1) is 0 Å². The molecule has 0 saturated carbocycles. The van der Waals surface area contributed by atoms with Crippen LogP contribution in [0.5, 0.6) is 5.75 Å². The number of para-hydroxylation sites is 1. The zero-order valence-corrected chi connectivity index (χ0v) is 9.82. The zero-order valence-electron chi connectivity index (χ0n) is 9.06. The number of benzene rings is 2. The van der Waals surface area contributed by atoms with Gasteiger partial charge in [-0.25, -0.2) is 0 Å². The highest BCUT2D eigenvalue weighted by Gasteiger charge is 2.11. The summed E-state index contributed by atoms with van der Waals surface area (Å²) in [5.41, 5.74) is 1.18. The minimum Gasteiger partial charge on any atom is -0.506 e. The van der Waals surface area contributed by atoms with Crippen molar-refractivity contribution in [1.29, 1.82) is 0 Å². The van der Waals surface area contributed by atoms with E-state index >= 15 is 0 Å². The van der Waals surface area contributed by atoms with E-state index in [-0.39, 0.29) is 23.0 Å². The molecule has 0 spiro atoms. The maximum absolute atomic E-state index is 11.9. The summed E-state index contributed by atoms with van der Waals surface area (Å²) in [4.78, 5) is 11.9. The Morgan fingerprint density at radius 2 is 1.76 bits per heavy atom. The summed E-state index contributed by atoms with van der Waals surface area (Å²) in [7, 11) is 0. The van der Waals surface area contributed by atoms with E-state index in [4.69, 9.17) is 11.6 Å². The van der Waals surface area contributed by atoms with Gasteiger partial charge in [0, 0.05) is 17.5 Å². The molecule has 0 bridgehead atoms. The maximum atomic E-state index is 11.9. The summed E-state index contributed by atoms with van der Waals surface area (Å²) in [6.07, 6.45) is 0.149. The lowest BCUT2D eigenvalue weighted by atomic mass is 10.0. The van der Waals surface area contributed by atoms with Gasteiger partial charge in [0.1, 0.15) is 5.75 Å². The van der Waals surface area contributed by atoms with Crippen molar-refractivity contribution in [3.8, 4) is 5.75 Å². The van der Waals surface area contributed by atoms with Crippen molar-refractivity contribution < 1.29 is 9.90 Å². The molecule has 3 heteroatoms. The van der Waals surface area contributed by atoms with E-state index < -0.39 is 0 Å². The Morgan fingerprint density at radius 1 is 1.06 bits per heavy atom. The summed E-state index contributed by atoms with van der Waals surface area (Å²) in [6.45, 7) is 0. The lowest BCUT2D eigenvalue weighted by Crippen LogP contribution is -2.03. The summed E-state index contributed by atoms with van der Waals surface area (Å²) in [6, 6.07) is 14.0. The van der Waals surface area contributed by atoms with Crippen molar-refractivity contribution in [2.75, 3.05) is 0 Å². The fourth-order valence-corrected chi connectivity index (χ4v) is 1.80. The van der Waals surface area contributed by atoms with Crippen LogP contribution >= 0.6 is 11.6 Å². The lowest BCUT2D eigenvalue weighted by Gasteiger charge is -2.05. The molecule has 0 aromatic heterocycles. The van der Waals surface area contributed by atoms with E-state index in [1.807, 2.05) is 18.2 Å². The first-order valence-corrected chi connectivity index (χ1v) is 5.61. The molecular formula is C14H11ClO2. The molecule has 17 heavy (non-hydrogen) atoms. The van der Waals surface area contributed by atoms with Gasteiger partial charge in [-0.1, -0.05) is 54.1 Å². The second-order valence-electron chi connectivity index (χ2n) is 3.71. The average molecular weight is 247 g/mol. The number of halogens is 1. The molecule has 0 aliphatic rings. The van der Waals surface area contributed by atoms with Crippen molar-refractivity contribution >= 4 is 17.4 Å². The fourth-order valence-electron chi connectivity index (χ4n) is 1.60. The minimum atomic E-state index is -0.0387. The lowest BCUT2D eigenvalue weighted by molar-refractivity contribution is 0.0992. The Bertz CT molecular complexity index is 535. The van der Waals surface area contributed by atoms with Gasteiger partial charge in [0.15, 0.2) is 5.78 Å². The number of phenolic OH excluding ortho intramolecular Hbond substituents is 1. The van der Waals surface area contributed by atoms with Gasteiger partial charge >= 0.3 is 0 Å². The molecule has 86 valence electrons. The number of phenols is 1. The molecule has 0 heterocycles.